The number of amides is 1. The fourth-order valence-corrected chi connectivity index (χ4v) is 1.62. The normalized spacial score (nSPS) is 13.0. The maximum absolute atomic E-state index is 11.8. The van der Waals surface area contributed by atoms with Crippen LogP contribution in [0.1, 0.15) is 12.8 Å². The topological polar surface area (TPSA) is 189 Å². The van der Waals surface area contributed by atoms with Crippen molar-refractivity contribution in [3.63, 3.8) is 0 Å². The molecule has 21 heavy (non-hydrogen) atoms. The lowest BCUT2D eigenvalue weighted by Crippen LogP contribution is -2.54. The van der Waals surface area contributed by atoms with Gasteiger partial charge in [0, 0.05) is 12.3 Å². The van der Waals surface area contributed by atoms with Crippen LogP contribution in [0.15, 0.2) is 0 Å². The quantitative estimate of drug-likeness (QED) is 0.0700. The molecule has 0 aliphatic rings. The van der Waals surface area contributed by atoms with Gasteiger partial charge in [-0.25, -0.2) is 14.9 Å². The Bertz CT molecular complexity index is 419. The highest BCUT2D eigenvalue weighted by molar-refractivity contribution is 7.80. The molecule has 0 aliphatic carbocycles. The maximum atomic E-state index is 11.8. The number of hydrogen-bond donors (Lipinski definition) is 6. The Kier molecular flexibility index (Phi) is 8.08. The summed E-state index contributed by atoms with van der Waals surface area (Å²) in [5.74, 6) is -3.10. The molecule has 0 spiro atoms. The van der Waals surface area contributed by atoms with Crippen molar-refractivity contribution in [2.24, 2.45) is 11.5 Å². The van der Waals surface area contributed by atoms with Crippen molar-refractivity contribution in [3.05, 3.63) is 10.1 Å². The van der Waals surface area contributed by atoms with Gasteiger partial charge in [0.1, 0.15) is 0 Å². The summed E-state index contributed by atoms with van der Waals surface area (Å²) in [6.07, 6.45) is -0.0358. The van der Waals surface area contributed by atoms with Gasteiger partial charge in [-0.2, -0.15) is 12.6 Å². The first-order valence-electron chi connectivity index (χ1n) is 5.86. The third-order valence-corrected chi connectivity index (χ3v) is 2.86. The molecule has 0 radical (unpaired) electrons. The SMILES string of the molecule is N=C(N)NCCC[C@@H](C(=O)O)N(C(=O)[C@@H](N)CS)[N+](=O)[O-]. The van der Waals surface area contributed by atoms with Gasteiger partial charge < -0.3 is 21.9 Å². The van der Waals surface area contributed by atoms with E-state index in [2.05, 4.69) is 17.9 Å². The Morgan fingerprint density at radius 2 is 2.10 bits per heavy atom. The number of carboxylic acids is 1. The van der Waals surface area contributed by atoms with Gasteiger partial charge in [0.15, 0.2) is 17.0 Å². The number of aliphatic carboxylic acids is 1. The summed E-state index contributed by atoms with van der Waals surface area (Å²) in [5, 5.41) is 28.3. The second kappa shape index (κ2) is 8.97. The summed E-state index contributed by atoms with van der Waals surface area (Å²) >= 11 is 3.76. The number of nitrogens with one attached hydrogen (secondary N) is 2. The zero-order valence-corrected chi connectivity index (χ0v) is 12.0. The molecule has 120 valence electrons. The van der Waals surface area contributed by atoms with Crippen molar-refractivity contribution < 1.29 is 19.7 Å². The van der Waals surface area contributed by atoms with Crippen LogP contribution in [-0.2, 0) is 9.59 Å². The lowest BCUT2D eigenvalue weighted by Gasteiger charge is -2.21. The molecule has 7 N–H and O–H groups in total. The van der Waals surface area contributed by atoms with E-state index in [1.165, 1.54) is 0 Å². The highest BCUT2D eigenvalue weighted by Crippen LogP contribution is 2.10. The first-order valence-corrected chi connectivity index (χ1v) is 6.50. The molecule has 0 saturated carbocycles. The number of hydrazine groups is 1. The van der Waals surface area contributed by atoms with E-state index in [4.69, 9.17) is 22.0 Å². The molecule has 1 amide bonds. The number of guanidine groups is 1. The number of carbonyl (C=O) groups excluding carboxylic acids is 1. The van der Waals surface area contributed by atoms with Crippen molar-refractivity contribution in [2.75, 3.05) is 12.3 Å². The van der Waals surface area contributed by atoms with Crippen LogP contribution in [0.4, 0.5) is 0 Å². The van der Waals surface area contributed by atoms with Crippen LogP contribution in [0.25, 0.3) is 0 Å². The van der Waals surface area contributed by atoms with Gasteiger partial charge in [-0.05, 0) is 17.9 Å². The lowest BCUT2D eigenvalue weighted by atomic mass is 10.1. The number of rotatable bonds is 9. The van der Waals surface area contributed by atoms with Gasteiger partial charge in [0.25, 0.3) is 0 Å². The number of carboxylic acid groups (broad SMARTS) is 1. The van der Waals surface area contributed by atoms with Gasteiger partial charge in [-0.3, -0.25) is 10.2 Å². The van der Waals surface area contributed by atoms with Crippen molar-refractivity contribution in [1.82, 2.24) is 10.3 Å². The molecule has 0 rings (SSSR count). The summed E-state index contributed by atoms with van der Waals surface area (Å²) in [5.41, 5.74) is 10.4. The first-order chi connectivity index (χ1) is 9.72. The molecule has 0 aromatic carbocycles. The van der Waals surface area contributed by atoms with Crippen LogP contribution in [0, 0.1) is 15.5 Å². The minimum absolute atomic E-state index is 0.0109. The molecule has 0 aliphatic heterocycles. The lowest BCUT2D eigenvalue weighted by molar-refractivity contribution is -0.640. The minimum Gasteiger partial charge on any atom is -0.480 e. The summed E-state index contributed by atoms with van der Waals surface area (Å²) in [6.45, 7) is 0.150. The predicted octanol–water partition coefficient (Wildman–Crippen LogP) is -2.02. The minimum atomic E-state index is -1.66. The zero-order chi connectivity index (χ0) is 16.6. The average Bonchev–Trinajstić information content (AvgIpc) is 2.39. The molecule has 0 aromatic heterocycles. The molecule has 0 aromatic rings. The van der Waals surface area contributed by atoms with Crippen molar-refractivity contribution in [1.29, 1.82) is 5.41 Å². The number of thiol groups is 1. The average molecular weight is 322 g/mol. The number of nitrogens with two attached hydrogens (primary N) is 2. The summed E-state index contributed by atoms with van der Waals surface area (Å²) < 4.78 is 0. The Labute approximate surface area is 125 Å². The van der Waals surface area contributed by atoms with Gasteiger partial charge >= 0.3 is 11.9 Å². The van der Waals surface area contributed by atoms with E-state index in [-0.39, 0.29) is 36.1 Å². The standard InChI is InChI=1S/C9H18N6O5S/c10-5(4-21)7(16)14(15(19)20)6(8(17)18)2-1-3-13-9(11)12/h5-6,21H,1-4,10H2,(H,17,18)(H4,11,12,13)/t5-,6-/m0/s1. The molecule has 11 nitrogen and oxygen atoms in total. The molecule has 0 fully saturated rings. The van der Waals surface area contributed by atoms with Crippen LogP contribution in [0.3, 0.4) is 0 Å². The Morgan fingerprint density at radius 3 is 2.48 bits per heavy atom. The molecule has 2 atom stereocenters. The van der Waals surface area contributed by atoms with Crippen molar-refractivity contribution in [3.8, 4) is 0 Å². The fraction of sp³-hybridized carbons (Fsp3) is 0.667. The number of nitrogens with zero attached hydrogens (tertiary/aromatic N) is 2. The molecule has 0 bridgehead atoms. The second-order valence-electron chi connectivity index (χ2n) is 4.05. The second-order valence-corrected chi connectivity index (χ2v) is 4.41. The Hall–Kier alpha value is -2.08. The highest BCUT2D eigenvalue weighted by Gasteiger charge is 2.40. The molecule has 0 heterocycles. The summed E-state index contributed by atoms with van der Waals surface area (Å²) in [7, 11) is 0. The first kappa shape index (κ1) is 18.9. The van der Waals surface area contributed by atoms with E-state index in [0.717, 1.165) is 0 Å². The van der Waals surface area contributed by atoms with Crippen LogP contribution in [0.5, 0.6) is 0 Å². The van der Waals surface area contributed by atoms with E-state index < -0.39 is 29.0 Å². The molecular formula is C9H18N6O5S. The smallest absolute Gasteiger partial charge is 0.332 e. The van der Waals surface area contributed by atoms with Gasteiger partial charge in [-0.15, -0.1) is 0 Å². The van der Waals surface area contributed by atoms with Crippen LogP contribution >= 0.6 is 12.6 Å². The fourth-order valence-electron chi connectivity index (χ4n) is 1.46. The Balaban J connectivity index is 4.92. The van der Waals surface area contributed by atoms with E-state index in [0.29, 0.717) is 0 Å². The number of hydrogen-bond acceptors (Lipinski definition) is 7. The Morgan fingerprint density at radius 1 is 1.52 bits per heavy atom. The van der Waals surface area contributed by atoms with E-state index in [1.54, 1.807) is 0 Å². The summed E-state index contributed by atoms with van der Waals surface area (Å²) in [4.78, 5) is 33.9. The van der Waals surface area contributed by atoms with Crippen molar-refractivity contribution in [2.45, 2.75) is 24.9 Å². The van der Waals surface area contributed by atoms with Gasteiger partial charge in [-0.1, -0.05) is 0 Å². The third-order valence-electron chi connectivity index (χ3n) is 2.47. The van der Waals surface area contributed by atoms with Crippen LogP contribution in [-0.4, -0.2) is 57.4 Å². The van der Waals surface area contributed by atoms with Gasteiger partial charge in [0.05, 0.1) is 6.04 Å². The summed E-state index contributed by atoms with van der Waals surface area (Å²) in [6, 6.07) is -2.93. The van der Waals surface area contributed by atoms with E-state index in [1.807, 2.05) is 0 Å². The number of carbonyl (C=O) groups is 2. The van der Waals surface area contributed by atoms with E-state index >= 15 is 0 Å². The third kappa shape index (κ3) is 6.27. The highest BCUT2D eigenvalue weighted by atomic mass is 32.1. The predicted molar refractivity (Wildman–Crippen MR) is 76.2 cm³/mol. The van der Waals surface area contributed by atoms with Crippen molar-refractivity contribution >= 4 is 30.5 Å². The molecule has 0 unspecified atom stereocenters. The van der Waals surface area contributed by atoms with E-state index in [9.17, 15) is 19.7 Å². The molecule has 0 saturated heterocycles. The monoisotopic (exact) mass is 322 g/mol. The number of nitro groups is 1. The molecular weight excluding hydrogens is 304 g/mol. The van der Waals surface area contributed by atoms with Crippen LogP contribution in [0.2, 0.25) is 0 Å². The zero-order valence-electron chi connectivity index (χ0n) is 11.1. The van der Waals surface area contributed by atoms with Gasteiger partial charge in [0.2, 0.25) is 0 Å². The largest absolute Gasteiger partial charge is 0.480 e. The molecule has 12 heteroatoms. The van der Waals surface area contributed by atoms with Crippen LogP contribution < -0.4 is 16.8 Å². The maximum Gasteiger partial charge on any atom is 0.332 e.